The van der Waals surface area contributed by atoms with Crippen LogP contribution in [0.15, 0.2) is 18.2 Å². The highest BCUT2D eigenvalue weighted by Gasteiger charge is 2.27. The highest BCUT2D eigenvalue weighted by molar-refractivity contribution is 5.94. The Morgan fingerprint density at radius 2 is 1.56 bits per heavy atom. The molecule has 1 aromatic rings. The Bertz CT molecular complexity index is 545. The number of hydrogen-bond donors (Lipinski definition) is 1. The third kappa shape index (κ3) is 5.07. The van der Waals surface area contributed by atoms with Gasteiger partial charge in [0.05, 0.1) is 6.54 Å². The van der Waals surface area contributed by atoms with E-state index in [4.69, 9.17) is 0 Å². The summed E-state index contributed by atoms with van der Waals surface area (Å²) >= 11 is 0. The summed E-state index contributed by atoms with van der Waals surface area (Å²) in [6.07, 6.45) is 5.04. The van der Waals surface area contributed by atoms with E-state index in [0.717, 1.165) is 5.69 Å². The van der Waals surface area contributed by atoms with Crippen LogP contribution >= 0.6 is 0 Å². The van der Waals surface area contributed by atoms with E-state index in [1.54, 1.807) is 0 Å². The van der Waals surface area contributed by atoms with Crippen molar-refractivity contribution < 1.29 is 4.79 Å². The van der Waals surface area contributed by atoms with Crippen LogP contribution in [0.3, 0.4) is 0 Å². The van der Waals surface area contributed by atoms with Gasteiger partial charge in [-0.2, -0.15) is 0 Å². The zero-order chi connectivity index (χ0) is 18.6. The topological polar surface area (TPSA) is 32.3 Å². The zero-order valence-electron chi connectivity index (χ0n) is 16.9. The van der Waals surface area contributed by atoms with Crippen LogP contribution in [-0.4, -0.2) is 29.4 Å². The molecule has 1 fully saturated rings. The Balaban J connectivity index is 2.18. The van der Waals surface area contributed by atoms with Gasteiger partial charge in [0.15, 0.2) is 0 Å². The first-order chi connectivity index (χ1) is 11.8. The van der Waals surface area contributed by atoms with Gasteiger partial charge in [0.25, 0.3) is 0 Å². The first kappa shape index (κ1) is 20.0. The van der Waals surface area contributed by atoms with Crippen molar-refractivity contribution in [3.05, 3.63) is 29.3 Å². The molecule has 0 heterocycles. The average Bonchev–Trinajstić information content (AvgIpc) is 3.06. The maximum absolute atomic E-state index is 12.9. The van der Waals surface area contributed by atoms with E-state index in [-0.39, 0.29) is 5.91 Å². The van der Waals surface area contributed by atoms with Gasteiger partial charge in [-0.05, 0) is 49.7 Å². The molecule has 0 aromatic heterocycles. The van der Waals surface area contributed by atoms with E-state index in [1.807, 2.05) is 0 Å². The van der Waals surface area contributed by atoms with Crippen molar-refractivity contribution in [2.24, 2.45) is 0 Å². The number of rotatable bonds is 7. The fourth-order valence-corrected chi connectivity index (χ4v) is 4.01. The highest BCUT2D eigenvalue weighted by Crippen LogP contribution is 2.32. The molecule has 1 amide bonds. The molecular weight excluding hydrogens is 308 g/mol. The quantitative estimate of drug-likeness (QED) is 0.706. The van der Waals surface area contributed by atoms with Crippen LogP contribution in [0, 0.1) is 0 Å². The third-order valence-corrected chi connectivity index (χ3v) is 5.42. The largest absolute Gasteiger partial charge is 0.324 e. The summed E-state index contributed by atoms with van der Waals surface area (Å²) < 4.78 is 0. The number of nitrogens with zero attached hydrogens (tertiary/aromatic N) is 1. The number of nitrogens with one attached hydrogen (secondary N) is 1. The maximum atomic E-state index is 12.9. The molecule has 1 aliphatic carbocycles. The van der Waals surface area contributed by atoms with Crippen molar-refractivity contribution in [1.29, 1.82) is 0 Å². The number of para-hydroxylation sites is 1. The number of benzene rings is 1. The SMILES string of the molecule is CC(C)c1cccc(C(C)C)c1NC(=O)CN(C(C)C)C1CCCC1. The predicted octanol–water partition coefficient (Wildman–Crippen LogP) is 5.52. The summed E-state index contributed by atoms with van der Waals surface area (Å²) in [5.41, 5.74) is 3.50. The second kappa shape index (κ2) is 8.84. The van der Waals surface area contributed by atoms with Crippen LogP contribution in [0.5, 0.6) is 0 Å². The van der Waals surface area contributed by atoms with Gasteiger partial charge in [0, 0.05) is 17.8 Å². The van der Waals surface area contributed by atoms with Gasteiger partial charge in [-0.25, -0.2) is 0 Å². The Kier molecular flexibility index (Phi) is 7.06. The Hall–Kier alpha value is -1.35. The Morgan fingerprint density at radius 1 is 1.04 bits per heavy atom. The van der Waals surface area contributed by atoms with Crippen LogP contribution in [0.1, 0.15) is 90.2 Å². The normalized spacial score (nSPS) is 15.8. The summed E-state index contributed by atoms with van der Waals surface area (Å²) in [6, 6.07) is 7.36. The van der Waals surface area contributed by atoms with Crippen LogP contribution in [-0.2, 0) is 4.79 Å². The standard InChI is InChI=1S/C22H36N2O/c1-15(2)19-12-9-13-20(16(3)4)22(19)23-21(25)14-24(17(5)6)18-10-7-8-11-18/h9,12-13,15-18H,7-8,10-11,14H2,1-6H3,(H,23,25). The molecule has 0 unspecified atom stereocenters. The van der Waals surface area contributed by atoms with Gasteiger partial charge in [0.1, 0.15) is 0 Å². The monoisotopic (exact) mass is 344 g/mol. The molecule has 2 rings (SSSR count). The molecule has 3 nitrogen and oxygen atoms in total. The third-order valence-electron chi connectivity index (χ3n) is 5.42. The minimum absolute atomic E-state index is 0.121. The molecule has 1 N–H and O–H groups in total. The van der Waals surface area contributed by atoms with Crippen molar-refractivity contribution >= 4 is 11.6 Å². The zero-order valence-corrected chi connectivity index (χ0v) is 16.9. The van der Waals surface area contributed by atoms with Crippen molar-refractivity contribution in [1.82, 2.24) is 4.90 Å². The fourth-order valence-electron chi connectivity index (χ4n) is 4.01. The van der Waals surface area contributed by atoms with Gasteiger partial charge in [-0.15, -0.1) is 0 Å². The molecular formula is C22H36N2O. The minimum Gasteiger partial charge on any atom is -0.324 e. The van der Waals surface area contributed by atoms with Crippen LogP contribution in [0.4, 0.5) is 5.69 Å². The molecule has 0 saturated heterocycles. The van der Waals surface area contributed by atoms with Gasteiger partial charge in [0.2, 0.25) is 5.91 Å². The molecule has 25 heavy (non-hydrogen) atoms. The van der Waals surface area contributed by atoms with Crippen molar-refractivity contribution in [3.63, 3.8) is 0 Å². The maximum Gasteiger partial charge on any atom is 0.238 e. The summed E-state index contributed by atoms with van der Waals surface area (Å²) in [6.45, 7) is 13.6. The molecule has 1 saturated carbocycles. The van der Waals surface area contributed by atoms with Gasteiger partial charge >= 0.3 is 0 Å². The second-order valence-corrected chi connectivity index (χ2v) is 8.37. The number of carbonyl (C=O) groups excluding carboxylic acids is 1. The van der Waals surface area contributed by atoms with E-state index in [9.17, 15) is 4.79 Å². The lowest BCUT2D eigenvalue weighted by Crippen LogP contribution is -2.44. The second-order valence-electron chi connectivity index (χ2n) is 8.37. The predicted molar refractivity (Wildman–Crippen MR) is 107 cm³/mol. The molecule has 0 radical (unpaired) electrons. The Morgan fingerprint density at radius 3 is 2.00 bits per heavy atom. The number of amides is 1. The number of hydrogen-bond acceptors (Lipinski definition) is 2. The summed E-state index contributed by atoms with van der Waals surface area (Å²) in [4.78, 5) is 15.3. The smallest absolute Gasteiger partial charge is 0.238 e. The highest BCUT2D eigenvalue weighted by atomic mass is 16.2. The molecule has 3 heteroatoms. The fraction of sp³-hybridized carbons (Fsp3) is 0.682. The molecule has 0 spiro atoms. The molecule has 0 atom stereocenters. The molecule has 0 bridgehead atoms. The lowest BCUT2D eigenvalue weighted by Gasteiger charge is -2.32. The summed E-state index contributed by atoms with van der Waals surface area (Å²) in [5.74, 6) is 0.908. The van der Waals surface area contributed by atoms with E-state index in [1.165, 1.54) is 36.8 Å². The molecule has 140 valence electrons. The first-order valence-corrected chi connectivity index (χ1v) is 9.99. The van der Waals surface area contributed by atoms with Crippen molar-refractivity contribution in [3.8, 4) is 0 Å². The van der Waals surface area contributed by atoms with Gasteiger partial charge < -0.3 is 5.32 Å². The number of carbonyl (C=O) groups is 1. The van der Waals surface area contributed by atoms with E-state index in [2.05, 4.69) is 70.0 Å². The van der Waals surface area contributed by atoms with Crippen LogP contribution < -0.4 is 5.32 Å². The Labute approximate surface area is 154 Å². The van der Waals surface area contributed by atoms with Crippen molar-refractivity contribution in [2.45, 2.75) is 91.1 Å². The minimum atomic E-state index is 0.121. The molecule has 1 aromatic carbocycles. The summed E-state index contributed by atoms with van der Waals surface area (Å²) in [7, 11) is 0. The van der Waals surface area contributed by atoms with Gasteiger partial charge in [-0.1, -0.05) is 58.7 Å². The molecule has 1 aliphatic rings. The first-order valence-electron chi connectivity index (χ1n) is 9.99. The van der Waals surface area contributed by atoms with Crippen LogP contribution in [0.25, 0.3) is 0 Å². The van der Waals surface area contributed by atoms with E-state index >= 15 is 0 Å². The lowest BCUT2D eigenvalue weighted by molar-refractivity contribution is -0.118. The van der Waals surface area contributed by atoms with E-state index in [0.29, 0.717) is 30.5 Å². The van der Waals surface area contributed by atoms with E-state index < -0.39 is 0 Å². The van der Waals surface area contributed by atoms with Gasteiger partial charge in [-0.3, -0.25) is 9.69 Å². The van der Waals surface area contributed by atoms with Crippen molar-refractivity contribution in [2.75, 3.05) is 11.9 Å². The average molecular weight is 345 g/mol. The van der Waals surface area contributed by atoms with Crippen LogP contribution in [0.2, 0.25) is 0 Å². The number of anilines is 1. The summed E-state index contributed by atoms with van der Waals surface area (Å²) in [5, 5.41) is 3.27. The lowest BCUT2D eigenvalue weighted by atomic mass is 9.92. The molecule has 0 aliphatic heterocycles.